The van der Waals surface area contributed by atoms with Gasteiger partial charge in [0.2, 0.25) is 0 Å². The third-order valence-electron chi connectivity index (χ3n) is 3.85. The molecule has 1 heterocycles. The molecule has 1 aliphatic carbocycles. The Hall–Kier alpha value is 0.270. The summed E-state index contributed by atoms with van der Waals surface area (Å²) < 4.78 is 0. The maximum absolute atomic E-state index is 6.05. The zero-order chi connectivity index (χ0) is 10.9. The molecule has 0 amide bonds. The van der Waals surface area contributed by atoms with Crippen molar-refractivity contribution in [3.05, 3.63) is 0 Å². The summed E-state index contributed by atoms with van der Waals surface area (Å²) in [5.74, 6) is 3.51. The largest absolute Gasteiger partial charge is 0.329 e. The molecular formula is C12H24N2S. The predicted octanol–water partition coefficient (Wildman–Crippen LogP) is 1.94. The van der Waals surface area contributed by atoms with E-state index in [1.165, 1.54) is 37.3 Å². The first-order valence-corrected chi connectivity index (χ1v) is 7.38. The molecule has 0 radical (unpaired) electrons. The average Bonchev–Trinajstić information content (AvgIpc) is 2.91. The first-order valence-electron chi connectivity index (χ1n) is 6.22. The molecule has 2 aliphatic rings. The van der Waals surface area contributed by atoms with E-state index in [1.54, 1.807) is 0 Å². The molecule has 1 saturated heterocycles. The molecule has 2 N–H and O–H groups in total. The van der Waals surface area contributed by atoms with Crippen LogP contribution in [-0.4, -0.2) is 41.1 Å². The van der Waals surface area contributed by atoms with E-state index >= 15 is 0 Å². The van der Waals surface area contributed by atoms with Crippen molar-refractivity contribution >= 4 is 11.8 Å². The number of nitrogens with zero attached hydrogens (tertiary/aromatic N) is 1. The summed E-state index contributed by atoms with van der Waals surface area (Å²) in [4.78, 5) is 2.70. The zero-order valence-corrected chi connectivity index (χ0v) is 10.9. The maximum Gasteiger partial charge on any atom is 0.0432 e. The van der Waals surface area contributed by atoms with Gasteiger partial charge in [0.05, 0.1) is 0 Å². The van der Waals surface area contributed by atoms with Crippen LogP contribution < -0.4 is 5.73 Å². The third kappa shape index (κ3) is 2.51. The quantitative estimate of drug-likeness (QED) is 0.780. The van der Waals surface area contributed by atoms with Crippen LogP contribution >= 0.6 is 11.8 Å². The van der Waals surface area contributed by atoms with Gasteiger partial charge in [0.1, 0.15) is 0 Å². The molecule has 15 heavy (non-hydrogen) atoms. The molecule has 0 aromatic heterocycles. The Morgan fingerprint density at radius 1 is 1.47 bits per heavy atom. The molecule has 0 bridgehead atoms. The van der Waals surface area contributed by atoms with Crippen LogP contribution in [0.25, 0.3) is 0 Å². The fourth-order valence-electron chi connectivity index (χ4n) is 2.63. The Kier molecular flexibility index (Phi) is 3.63. The molecule has 3 heteroatoms. The average molecular weight is 228 g/mol. The van der Waals surface area contributed by atoms with Crippen LogP contribution in [0.3, 0.4) is 0 Å². The van der Waals surface area contributed by atoms with Gasteiger partial charge in [0.15, 0.2) is 0 Å². The van der Waals surface area contributed by atoms with Crippen molar-refractivity contribution in [2.75, 3.05) is 24.6 Å². The summed E-state index contributed by atoms with van der Waals surface area (Å²) in [7, 11) is 0. The minimum atomic E-state index is 0.321. The van der Waals surface area contributed by atoms with E-state index in [0.717, 1.165) is 12.5 Å². The number of rotatable bonds is 5. The highest BCUT2D eigenvalue weighted by Gasteiger charge is 2.42. The second-order valence-corrected chi connectivity index (χ2v) is 6.53. The SMILES string of the molecule is CC(C)N(CC1CC1)C1(CN)CCSC1. The minimum Gasteiger partial charge on any atom is -0.329 e. The standard InChI is InChI=1S/C12H24N2S/c1-10(2)14(7-11-3-4-11)12(8-13)5-6-15-9-12/h10-11H,3-9,13H2,1-2H3. The number of hydrogen-bond acceptors (Lipinski definition) is 3. The Morgan fingerprint density at radius 2 is 2.20 bits per heavy atom. The van der Waals surface area contributed by atoms with Gasteiger partial charge in [-0.05, 0) is 44.8 Å². The topological polar surface area (TPSA) is 29.3 Å². The van der Waals surface area contributed by atoms with Gasteiger partial charge in [0, 0.05) is 30.4 Å². The van der Waals surface area contributed by atoms with Crippen LogP contribution in [0, 0.1) is 5.92 Å². The highest BCUT2D eigenvalue weighted by atomic mass is 32.2. The van der Waals surface area contributed by atoms with Crippen molar-refractivity contribution < 1.29 is 0 Å². The molecule has 2 rings (SSSR count). The van der Waals surface area contributed by atoms with Crippen LogP contribution in [0.4, 0.5) is 0 Å². The van der Waals surface area contributed by atoms with Crippen LogP contribution in [0.15, 0.2) is 0 Å². The molecule has 1 saturated carbocycles. The molecule has 0 aromatic carbocycles. The van der Waals surface area contributed by atoms with Crippen molar-refractivity contribution in [2.24, 2.45) is 11.7 Å². The highest BCUT2D eigenvalue weighted by Crippen LogP contribution is 2.38. The summed E-state index contributed by atoms with van der Waals surface area (Å²) in [6.07, 6.45) is 4.17. The molecule has 2 fully saturated rings. The zero-order valence-electron chi connectivity index (χ0n) is 10.0. The second kappa shape index (κ2) is 4.64. The lowest BCUT2D eigenvalue weighted by Gasteiger charge is -2.43. The first-order chi connectivity index (χ1) is 7.18. The molecule has 88 valence electrons. The van der Waals surface area contributed by atoms with Crippen LogP contribution in [0.1, 0.15) is 33.1 Å². The van der Waals surface area contributed by atoms with E-state index in [4.69, 9.17) is 5.73 Å². The Labute approximate surface area is 98.0 Å². The molecule has 1 unspecified atom stereocenters. The van der Waals surface area contributed by atoms with Gasteiger partial charge in [-0.15, -0.1) is 0 Å². The Balaban J connectivity index is 2.05. The van der Waals surface area contributed by atoms with Crippen LogP contribution in [0.5, 0.6) is 0 Å². The summed E-state index contributed by atoms with van der Waals surface area (Å²) in [5.41, 5.74) is 6.37. The van der Waals surface area contributed by atoms with E-state index in [0.29, 0.717) is 11.6 Å². The van der Waals surface area contributed by atoms with E-state index < -0.39 is 0 Å². The molecule has 0 spiro atoms. The minimum absolute atomic E-state index is 0.321. The first kappa shape index (κ1) is 11.7. The second-order valence-electron chi connectivity index (χ2n) is 5.42. The van der Waals surface area contributed by atoms with Crippen molar-refractivity contribution in [3.8, 4) is 0 Å². The van der Waals surface area contributed by atoms with Crippen molar-refractivity contribution in [2.45, 2.75) is 44.7 Å². The van der Waals surface area contributed by atoms with Gasteiger partial charge in [-0.1, -0.05) is 0 Å². The monoisotopic (exact) mass is 228 g/mol. The van der Waals surface area contributed by atoms with Gasteiger partial charge in [0.25, 0.3) is 0 Å². The predicted molar refractivity (Wildman–Crippen MR) is 68.3 cm³/mol. The van der Waals surface area contributed by atoms with Crippen LogP contribution in [-0.2, 0) is 0 Å². The summed E-state index contributed by atoms with van der Waals surface area (Å²) in [6.45, 7) is 6.77. The van der Waals surface area contributed by atoms with Crippen LogP contribution in [0.2, 0.25) is 0 Å². The summed E-state index contributed by atoms with van der Waals surface area (Å²) in [6, 6.07) is 0.646. The lowest BCUT2D eigenvalue weighted by Crippen LogP contribution is -2.57. The number of thioether (sulfide) groups is 1. The summed E-state index contributed by atoms with van der Waals surface area (Å²) in [5, 5.41) is 0. The fraction of sp³-hybridized carbons (Fsp3) is 1.00. The van der Waals surface area contributed by atoms with E-state index in [-0.39, 0.29) is 0 Å². The Bertz CT molecular complexity index is 208. The van der Waals surface area contributed by atoms with E-state index in [2.05, 4.69) is 30.5 Å². The maximum atomic E-state index is 6.05. The lowest BCUT2D eigenvalue weighted by molar-refractivity contribution is 0.0760. The number of hydrogen-bond donors (Lipinski definition) is 1. The van der Waals surface area contributed by atoms with Gasteiger partial charge >= 0.3 is 0 Å². The lowest BCUT2D eigenvalue weighted by atomic mass is 9.94. The van der Waals surface area contributed by atoms with E-state index in [9.17, 15) is 0 Å². The Morgan fingerprint density at radius 3 is 2.60 bits per heavy atom. The van der Waals surface area contributed by atoms with Crippen molar-refractivity contribution in [3.63, 3.8) is 0 Å². The van der Waals surface area contributed by atoms with E-state index in [1.807, 2.05) is 0 Å². The van der Waals surface area contributed by atoms with Gasteiger partial charge in [-0.25, -0.2) is 0 Å². The van der Waals surface area contributed by atoms with Gasteiger partial charge < -0.3 is 5.73 Å². The van der Waals surface area contributed by atoms with Crippen molar-refractivity contribution in [1.82, 2.24) is 4.90 Å². The highest BCUT2D eigenvalue weighted by molar-refractivity contribution is 7.99. The molecule has 1 aliphatic heterocycles. The van der Waals surface area contributed by atoms with Gasteiger partial charge in [-0.2, -0.15) is 11.8 Å². The molecule has 0 aromatic rings. The summed E-state index contributed by atoms with van der Waals surface area (Å²) >= 11 is 2.08. The van der Waals surface area contributed by atoms with Crippen molar-refractivity contribution in [1.29, 1.82) is 0 Å². The molecule has 1 atom stereocenters. The fourth-order valence-corrected chi connectivity index (χ4v) is 4.11. The van der Waals surface area contributed by atoms with Gasteiger partial charge in [-0.3, -0.25) is 4.90 Å². The molecule has 2 nitrogen and oxygen atoms in total. The number of nitrogens with two attached hydrogens (primary N) is 1. The molecular weight excluding hydrogens is 204 g/mol. The normalized spacial score (nSPS) is 31.8. The third-order valence-corrected chi connectivity index (χ3v) is 5.08. The smallest absolute Gasteiger partial charge is 0.0432 e.